The van der Waals surface area contributed by atoms with Gasteiger partial charge in [-0.1, -0.05) is 6.07 Å². The van der Waals surface area contributed by atoms with Gasteiger partial charge >= 0.3 is 0 Å². The third-order valence-corrected chi connectivity index (χ3v) is 5.89. The van der Waals surface area contributed by atoms with Gasteiger partial charge in [0.25, 0.3) is 5.91 Å². The number of aryl methyl sites for hydroxylation is 3. The van der Waals surface area contributed by atoms with Gasteiger partial charge < -0.3 is 9.64 Å². The number of hydrogen-bond acceptors (Lipinski definition) is 5. The number of nitrogens with one attached hydrogen (secondary N) is 1. The van der Waals surface area contributed by atoms with E-state index in [4.69, 9.17) is 4.74 Å². The van der Waals surface area contributed by atoms with Crippen molar-refractivity contribution >= 4 is 29.0 Å². The number of amides is 1. The first kappa shape index (κ1) is 20.0. The molecule has 5 rings (SSSR count). The molecule has 9 heteroatoms. The Kier molecular flexibility index (Phi) is 4.80. The maximum atomic E-state index is 13.2. The number of carbonyl (C=O) groups excluding carboxylic acids is 1. The topological polar surface area (TPSA) is 93.9 Å². The number of aromatic amines is 1. The Morgan fingerprint density at radius 3 is 2.81 bits per heavy atom. The van der Waals surface area contributed by atoms with Crippen LogP contribution in [-0.2, 0) is 14.1 Å². The number of nitrogens with zero attached hydrogens (tertiary/aromatic N) is 6. The van der Waals surface area contributed by atoms with Gasteiger partial charge in [-0.15, -0.1) is 0 Å². The molecule has 9 nitrogen and oxygen atoms in total. The van der Waals surface area contributed by atoms with Crippen LogP contribution in [0.5, 0.6) is 5.88 Å². The molecule has 0 saturated heterocycles. The zero-order chi connectivity index (χ0) is 22.4. The van der Waals surface area contributed by atoms with Crippen molar-refractivity contribution in [2.45, 2.75) is 13.3 Å². The minimum atomic E-state index is -0.0739. The molecule has 0 radical (unpaired) electrons. The van der Waals surface area contributed by atoms with Crippen molar-refractivity contribution in [1.29, 1.82) is 0 Å². The average molecular weight is 432 g/mol. The number of H-pyrrole nitrogens is 1. The highest BCUT2D eigenvalue weighted by Gasteiger charge is 2.22. The molecule has 0 unspecified atom stereocenters. The Bertz CT molecular complexity index is 1360. The van der Waals surface area contributed by atoms with Gasteiger partial charge in [0.05, 0.1) is 35.3 Å². The molecule has 1 N–H and O–H groups in total. The number of carbonyl (C=O) groups is 1. The van der Waals surface area contributed by atoms with Gasteiger partial charge in [-0.2, -0.15) is 15.3 Å². The van der Waals surface area contributed by atoms with E-state index in [2.05, 4.69) is 26.5 Å². The van der Waals surface area contributed by atoms with Crippen LogP contribution in [0.2, 0.25) is 0 Å². The Labute approximate surface area is 185 Å². The molecule has 4 aromatic rings. The summed E-state index contributed by atoms with van der Waals surface area (Å²) in [6, 6.07) is 6.13. The van der Waals surface area contributed by atoms with Gasteiger partial charge in [-0.25, -0.2) is 4.68 Å². The maximum Gasteiger partial charge on any atom is 0.272 e. The molecule has 4 heterocycles. The molecule has 1 amide bonds. The fraction of sp³-hybridized carbons (Fsp3) is 0.304. The molecule has 0 fully saturated rings. The van der Waals surface area contributed by atoms with Crippen LogP contribution < -0.4 is 4.74 Å². The van der Waals surface area contributed by atoms with E-state index >= 15 is 0 Å². The highest BCUT2D eigenvalue weighted by molar-refractivity contribution is 5.99. The summed E-state index contributed by atoms with van der Waals surface area (Å²) in [4.78, 5) is 14.9. The van der Waals surface area contributed by atoms with E-state index in [-0.39, 0.29) is 5.91 Å². The smallest absolute Gasteiger partial charge is 0.272 e. The summed E-state index contributed by atoms with van der Waals surface area (Å²) in [6.45, 7) is 2.95. The monoisotopic (exact) mass is 431 g/mol. The SMILES string of the molecule is Cc1nn(C)c2c1/C=C/c1n[nH]c3ccc(cc13)-c1cnn(C)c1OCCCN(C)C2=O. The number of ether oxygens (including phenoxy) is 1. The molecule has 0 spiro atoms. The third-order valence-electron chi connectivity index (χ3n) is 5.89. The molecule has 32 heavy (non-hydrogen) atoms. The van der Waals surface area contributed by atoms with E-state index in [0.29, 0.717) is 31.1 Å². The van der Waals surface area contributed by atoms with E-state index < -0.39 is 0 Å². The second kappa shape index (κ2) is 7.67. The first-order valence-corrected chi connectivity index (χ1v) is 10.5. The lowest BCUT2D eigenvalue weighted by Crippen LogP contribution is -2.30. The number of aromatic nitrogens is 6. The summed E-state index contributed by atoms with van der Waals surface area (Å²) in [5.41, 5.74) is 5.81. The summed E-state index contributed by atoms with van der Waals surface area (Å²) in [5.74, 6) is 0.630. The van der Waals surface area contributed by atoms with Crippen molar-refractivity contribution in [2.75, 3.05) is 20.2 Å². The Morgan fingerprint density at radius 1 is 1.12 bits per heavy atom. The summed E-state index contributed by atoms with van der Waals surface area (Å²) < 4.78 is 9.48. The maximum absolute atomic E-state index is 13.2. The Morgan fingerprint density at radius 2 is 1.97 bits per heavy atom. The van der Waals surface area contributed by atoms with Crippen molar-refractivity contribution in [3.8, 4) is 17.0 Å². The summed E-state index contributed by atoms with van der Waals surface area (Å²) in [6.07, 6.45) is 6.36. The molecule has 164 valence electrons. The van der Waals surface area contributed by atoms with Crippen LogP contribution in [0.1, 0.15) is 33.9 Å². The predicted octanol–water partition coefficient (Wildman–Crippen LogP) is 3.03. The molecule has 2 bridgehead atoms. The zero-order valence-electron chi connectivity index (χ0n) is 18.6. The minimum absolute atomic E-state index is 0.0739. The molecule has 0 aliphatic carbocycles. The average Bonchev–Trinajstić information content (AvgIpc) is 3.43. The van der Waals surface area contributed by atoms with E-state index in [0.717, 1.165) is 39.0 Å². The molecule has 1 aliphatic heterocycles. The van der Waals surface area contributed by atoms with E-state index in [9.17, 15) is 4.79 Å². The zero-order valence-corrected chi connectivity index (χ0v) is 18.6. The largest absolute Gasteiger partial charge is 0.477 e. The van der Waals surface area contributed by atoms with E-state index in [1.807, 2.05) is 44.5 Å². The van der Waals surface area contributed by atoms with Crippen molar-refractivity contribution in [1.82, 2.24) is 34.7 Å². The summed E-state index contributed by atoms with van der Waals surface area (Å²) in [7, 11) is 5.47. The normalized spacial score (nSPS) is 15.6. The van der Waals surface area contributed by atoms with Crippen LogP contribution in [0.25, 0.3) is 34.2 Å². The molecule has 0 saturated carbocycles. The van der Waals surface area contributed by atoms with Gasteiger partial charge in [-0.05, 0) is 43.2 Å². The minimum Gasteiger partial charge on any atom is -0.477 e. The second-order valence-electron chi connectivity index (χ2n) is 8.09. The van der Waals surface area contributed by atoms with Crippen LogP contribution in [0.15, 0.2) is 24.4 Å². The number of rotatable bonds is 0. The quantitative estimate of drug-likeness (QED) is 0.462. The van der Waals surface area contributed by atoms with Crippen molar-refractivity contribution in [3.05, 3.63) is 47.0 Å². The number of fused-ring (bicyclic) bond motifs is 4. The Hall–Kier alpha value is -3.88. The van der Waals surface area contributed by atoms with Crippen molar-refractivity contribution in [3.63, 3.8) is 0 Å². The van der Waals surface area contributed by atoms with Crippen LogP contribution in [0, 0.1) is 6.92 Å². The van der Waals surface area contributed by atoms with Crippen LogP contribution in [0.3, 0.4) is 0 Å². The molecule has 3 aromatic heterocycles. The van der Waals surface area contributed by atoms with Gasteiger partial charge in [0, 0.05) is 38.6 Å². The fourth-order valence-electron chi connectivity index (χ4n) is 4.17. The van der Waals surface area contributed by atoms with Gasteiger partial charge in [0.1, 0.15) is 5.69 Å². The van der Waals surface area contributed by atoms with Crippen molar-refractivity contribution in [2.24, 2.45) is 14.1 Å². The lowest BCUT2D eigenvalue weighted by molar-refractivity contribution is 0.0776. The fourth-order valence-corrected chi connectivity index (χ4v) is 4.17. The van der Waals surface area contributed by atoms with Crippen LogP contribution in [-0.4, -0.2) is 60.8 Å². The van der Waals surface area contributed by atoms with Crippen LogP contribution >= 0.6 is 0 Å². The van der Waals surface area contributed by atoms with E-state index in [1.54, 1.807) is 28.4 Å². The van der Waals surface area contributed by atoms with Crippen LogP contribution in [0.4, 0.5) is 0 Å². The first-order chi connectivity index (χ1) is 15.4. The Balaban J connectivity index is 1.68. The lowest BCUT2D eigenvalue weighted by Gasteiger charge is -2.18. The standard InChI is InChI=1S/C23H25N7O2/c1-14-16-7-9-20-17-12-15(6-8-19(17)25-26-20)18-13-24-30(4)23(18)32-11-5-10-28(2)22(31)21(16)29(3)27-14/h6-9,12-13H,5,10-11H2,1-4H3,(H,25,26)/b9-7+. The number of benzene rings is 1. The molecule has 1 aliphatic rings. The predicted molar refractivity (Wildman–Crippen MR) is 122 cm³/mol. The molecular weight excluding hydrogens is 406 g/mol. The second-order valence-corrected chi connectivity index (χ2v) is 8.09. The summed E-state index contributed by atoms with van der Waals surface area (Å²) in [5, 5.41) is 17.4. The summed E-state index contributed by atoms with van der Waals surface area (Å²) >= 11 is 0. The van der Waals surface area contributed by atoms with Gasteiger partial charge in [0.15, 0.2) is 0 Å². The molecule has 0 atom stereocenters. The highest BCUT2D eigenvalue weighted by Crippen LogP contribution is 2.33. The number of hydrogen-bond donors (Lipinski definition) is 1. The van der Waals surface area contributed by atoms with Crippen molar-refractivity contribution < 1.29 is 9.53 Å². The highest BCUT2D eigenvalue weighted by atomic mass is 16.5. The first-order valence-electron chi connectivity index (χ1n) is 10.5. The third kappa shape index (κ3) is 3.26. The lowest BCUT2D eigenvalue weighted by atomic mass is 10.0. The van der Waals surface area contributed by atoms with Gasteiger partial charge in [-0.3, -0.25) is 14.6 Å². The molecular formula is C23H25N7O2. The van der Waals surface area contributed by atoms with Gasteiger partial charge in [0.2, 0.25) is 5.88 Å². The van der Waals surface area contributed by atoms with E-state index in [1.165, 1.54) is 0 Å². The molecule has 1 aromatic carbocycles.